The highest BCUT2D eigenvalue weighted by molar-refractivity contribution is 5.69. The van der Waals surface area contributed by atoms with Crippen LogP contribution in [0.5, 0.6) is 0 Å². The average Bonchev–Trinajstić information content (AvgIpc) is 2.63. The van der Waals surface area contributed by atoms with E-state index in [9.17, 15) is 9.90 Å². The number of ether oxygens (including phenoxy) is 1. The summed E-state index contributed by atoms with van der Waals surface area (Å²) in [6.45, 7) is 4.39. The molecule has 0 aromatic carbocycles. The first-order chi connectivity index (χ1) is 12.7. The molecule has 0 radical (unpaired) electrons. The highest BCUT2D eigenvalue weighted by Crippen LogP contribution is 2.09. The Labute approximate surface area is 161 Å². The highest BCUT2D eigenvalue weighted by Gasteiger charge is 2.07. The van der Waals surface area contributed by atoms with Gasteiger partial charge >= 0.3 is 5.97 Å². The smallest absolute Gasteiger partial charge is 0.305 e. The molecule has 0 aromatic rings. The van der Waals surface area contributed by atoms with Gasteiger partial charge in [0.05, 0.1) is 6.10 Å². The molecule has 0 aliphatic heterocycles. The fraction of sp³-hybridized carbons (Fsp3) is 0.783. The molecule has 3 nitrogen and oxygen atoms in total. The molecule has 152 valence electrons. The van der Waals surface area contributed by atoms with Crippen molar-refractivity contribution in [1.29, 1.82) is 0 Å². The average molecular weight is 367 g/mol. The van der Waals surface area contributed by atoms with Crippen LogP contribution in [0.3, 0.4) is 0 Å². The van der Waals surface area contributed by atoms with Gasteiger partial charge in [-0.05, 0) is 44.9 Å². The molecule has 0 spiro atoms. The predicted molar refractivity (Wildman–Crippen MR) is 111 cm³/mol. The van der Waals surface area contributed by atoms with Crippen LogP contribution in [-0.2, 0) is 9.53 Å². The number of aliphatic hydroxyl groups excluding tert-OH is 1. The standard InChI is InChI=1S/C23H42O3/c1-3-5-6-7-8-9-10-11-12-13-14-15-16-17-18-20-23(25)26-21-22(24)19-4-2/h8-9,11-12,22,24H,3-7,10,13-21H2,1-2H3. The Morgan fingerprint density at radius 2 is 1.46 bits per heavy atom. The zero-order valence-electron chi connectivity index (χ0n) is 17.3. The maximum absolute atomic E-state index is 11.5. The fourth-order valence-corrected chi connectivity index (χ4v) is 2.76. The Balaban J connectivity index is 3.32. The van der Waals surface area contributed by atoms with Crippen molar-refractivity contribution < 1.29 is 14.6 Å². The van der Waals surface area contributed by atoms with Gasteiger partial charge in [0.25, 0.3) is 0 Å². The lowest BCUT2D eigenvalue weighted by Crippen LogP contribution is -2.18. The molecule has 26 heavy (non-hydrogen) atoms. The minimum Gasteiger partial charge on any atom is -0.463 e. The molecule has 0 saturated heterocycles. The van der Waals surface area contributed by atoms with Gasteiger partial charge in [-0.1, -0.05) is 76.7 Å². The summed E-state index contributed by atoms with van der Waals surface area (Å²) in [6.07, 6.45) is 23.7. The van der Waals surface area contributed by atoms with E-state index in [1.165, 1.54) is 44.9 Å². The summed E-state index contributed by atoms with van der Waals surface area (Å²) in [7, 11) is 0. The normalized spacial score (nSPS) is 12.9. The summed E-state index contributed by atoms with van der Waals surface area (Å²) in [4.78, 5) is 11.5. The van der Waals surface area contributed by atoms with Crippen molar-refractivity contribution in [1.82, 2.24) is 0 Å². The molecule has 0 saturated carbocycles. The Morgan fingerprint density at radius 1 is 0.846 bits per heavy atom. The van der Waals surface area contributed by atoms with Crippen molar-refractivity contribution in [2.24, 2.45) is 0 Å². The van der Waals surface area contributed by atoms with Crippen LogP contribution in [0.25, 0.3) is 0 Å². The van der Waals surface area contributed by atoms with Gasteiger partial charge in [-0.2, -0.15) is 0 Å². The van der Waals surface area contributed by atoms with Gasteiger partial charge in [0, 0.05) is 6.42 Å². The molecule has 0 amide bonds. The summed E-state index contributed by atoms with van der Waals surface area (Å²) < 4.78 is 5.07. The van der Waals surface area contributed by atoms with Crippen LogP contribution in [0, 0.1) is 0 Å². The fourth-order valence-electron chi connectivity index (χ4n) is 2.76. The van der Waals surface area contributed by atoms with Gasteiger partial charge in [0.1, 0.15) is 6.61 Å². The molecule has 3 heteroatoms. The van der Waals surface area contributed by atoms with Gasteiger partial charge in [0.15, 0.2) is 0 Å². The van der Waals surface area contributed by atoms with Crippen LogP contribution in [0.4, 0.5) is 0 Å². The van der Waals surface area contributed by atoms with Crippen LogP contribution in [-0.4, -0.2) is 23.8 Å². The molecule has 0 aliphatic carbocycles. The number of unbranched alkanes of at least 4 members (excludes halogenated alkanes) is 8. The number of allylic oxidation sites excluding steroid dienone is 4. The summed E-state index contributed by atoms with van der Waals surface area (Å²) in [5.74, 6) is -0.175. The van der Waals surface area contributed by atoms with E-state index in [0.717, 1.165) is 32.1 Å². The van der Waals surface area contributed by atoms with Crippen molar-refractivity contribution in [2.75, 3.05) is 6.61 Å². The predicted octanol–water partition coefficient (Wildman–Crippen LogP) is 6.50. The number of rotatable bonds is 18. The monoisotopic (exact) mass is 366 g/mol. The van der Waals surface area contributed by atoms with Gasteiger partial charge in [0.2, 0.25) is 0 Å². The van der Waals surface area contributed by atoms with Crippen molar-refractivity contribution in [2.45, 2.75) is 110 Å². The van der Waals surface area contributed by atoms with Crippen molar-refractivity contribution in [3.8, 4) is 0 Å². The van der Waals surface area contributed by atoms with E-state index < -0.39 is 6.10 Å². The minimum atomic E-state index is -0.506. The van der Waals surface area contributed by atoms with Gasteiger partial charge < -0.3 is 9.84 Å². The third-order valence-electron chi connectivity index (χ3n) is 4.39. The summed E-state index contributed by atoms with van der Waals surface area (Å²) in [6, 6.07) is 0. The first kappa shape index (κ1) is 24.9. The number of hydrogen-bond acceptors (Lipinski definition) is 3. The molecule has 0 rings (SSSR count). The third-order valence-corrected chi connectivity index (χ3v) is 4.39. The lowest BCUT2D eigenvalue weighted by Gasteiger charge is -2.09. The van der Waals surface area contributed by atoms with E-state index in [1.54, 1.807) is 0 Å². The van der Waals surface area contributed by atoms with Crippen molar-refractivity contribution in [3.63, 3.8) is 0 Å². The van der Waals surface area contributed by atoms with E-state index >= 15 is 0 Å². The van der Waals surface area contributed by atoms with Gasteiger partial charge in [-0.3, -0.25) is 4.79 Å². The molecule has 0 heterocycles. The Bertz CT molecular complexity index is 360. The summed E-state index contributed by atoms with van der Waals surface area (Å²) >= 11 is 0. The van der Waals surface area contributed by atoms with E-state index in [2.05, 4.69) is 31.2 Å². The number of carbonyl (C=O) groups excluding carboxylic acids is 1. The van der Waals surface area contributed by atoms with E-state index in [1.807, 2.05) is 6.92 Å². The SMILES string of the molecule is CCCCCC=CCC=CCCCCCCCC(=O)OCC(O)CCC. The second-order valence-corrected chi connectivity index (χ2v) is 7.11. The number of hydrogen-bond donors (Lipinski definition) is 1. The Morgan fingerprint density at radius 3 is 2.12 bits per heavy atom. The lowest BCUT2D eigenvalue weighted by molar-refractivity contribution is -0.146. The second kappa shape index (κ2) is 20.2. The van der Waals surface area contributed by atoms with Crippen LogP contribution in [0.15, 0.2) is 24.3 Å². The maximum Gasteiger partial charge on any atom is 0.305 e. The van der Waals surface area contributed by atoms with Crippen LogP contribution in [0.1, 0.15) is 104 Å². The molecular weight excluding hydrogens is 324 g/mol. The van der Waals surface area contributed by atoms with E-state index in [4.69, 9.17) is 4.74 Å². The van der Waals surface area contributed by atoms with Gasteiger partial charge in [-0.15, -0.1) is 0 Å². The topological polar surface area (TPSA) is 46.5 Å². The number of aliphatic hydroxyl groups is 1. The third kappa shape index (κ3) is 19.2. The van der Waals surface area contributed by atoms with Crippen LogP contribution >= 0.6 is 0 Å². The minimum absolute atomic E-state index is 0.146. The highest BCUT2D eigenvalue weighted by atomic mass is 16.5. The van der Waals surface area contributed by atoms with Crippen LogP contribution < -0.4 is 0 Å². The first-order valence-corrected chi connectivity index (χ1v) is 10.8. The lowest BCUT2D eigenvalue weighted by atomic mass is 10.1. The molecule has 0 aromatic heterocycles. The molecule has 1 atom stereocenters. The van der Waals surface area contributed by atoms with Crippen LogP contribution in [0.2, 0.25) is 0 Å². The molecular formula is C23H42O3. The second-order valence-electron chi connectivity index (χ2n) is 7.11. The van der Waals surface area contributed by atoms with Gasteiger partial charge in [-0.25, -0.2) is 0 Å². The molecule has 1 unspecified atom stereocenters. The molecule has 0 aliphatic rings. The Hall–Kier alpha value is -1.09. The zero-order chi connectivity index (χ0) is 19.3. The van der Waals surface area contributed by atoms with E-state index in [0.29, 0.717) is 12.8 Å². The van der Waals surface area contributed by atoms with Crippen molar-refractivity contribution >= 4 is 5.97 Å². The zero-order valence-corrected chi connectivity index (χ0v) is 17.3. The number of esters is 1. The quantitative estimate of drug-likeness (QED) is 0.171. The molecule has 1 N–H and O–H groups in total. The largest absolute Gasteiger partial charge is 0.463 e. The van der Waals surface area contributed by atoms with Crippen molar-refractivity contribution in [3.05, 3.63) is 24.3 Å². The van der Waals surface area contributed by atoms with E-state index in [-0.39, 0.29) is 12.6 Å². The summed E-state index contributed by atoms with van der Waals surface area (Å²) in [5.41, 5.74) is 0. The summed E-state index contributed by atoms with van der Waals surface area (Å²) in [5, 5.41) is 9.52. The molecule has 0 fully saturated rings. The molecule has 0 bridgehead atoms. The maximum atomic E-state index is 11.5. The first-order valence-electron chi connectivity index (χ1n) is 10.8. The Kier molecular flexibility index (Phi) is 19.4. The number of carbonyl (C=O) groups is 1.